The van der Waals surface area contributed by atoms with Crippen molar-refractivity contribution >= 4 is 5.91 Å². The van der Waals surface area contributed by atoms with Crippen LogP contribution in [0.4, 0.5) is 0 Å². The van der Waals surface area contributed by atoms with Gasteiger partial charge in [0, 0.05) is 38.0 Å². The van der Waals surface area contributed by atoms with E-state index < -0.39 is 0 Å². The fourth-order valence-corrected chi connectivity index (χ4v) is 5.00. The van der Waals surface area contributed by atoms with Gasteiger partial charge in [0.05, 0.1) is 0 Å². The van der Waals surface area contributed by atoms with Crippen LogP contribution in [-0.4, -0.2) is 46.9 Å². The van der Waals surface area contributed by atoms with Crippen molar-refractivity contribution in [3.05, 3.63) is 53.2 Å². The van der Waals surface area contributed by atoms with Gasteiger partial charge in [0.15, 0.2) is 12.1 Å². The van der Waals surface area contributed by atoms with Crippen molar-refractivity contribution in [2.45, 2.75) is 58.9 Å². The summed E-state index contributed by atoms with van der Waals surface area (Å²) in [5.74, 6) is 1.31. The summed E-state index contributed by atoms with van der Waals surface area (Å²) < 4.78 is 5.37. The Labute approximate surface area is 174 Å². The van der Waals surface area contributed by atoms with E-state index in [0.717, 1.165) is 39.1 Å². The van der Waals surface area contributed by atoms with Gasteiger partial charge in [-0.25, -0.2) is 4.98 Å². The highest BCUT2D eigenvalue weighted by Crippen LogP contribution is 2.40. The van der Waals surface area contributed by atoms with Crippen LogP contribution < -0.4 is 0 Å². The number of carbonyl (C=O) groups excluding carboxylic acids is 1. The van der Waals surface area contributed by atoms with E-state index in [0.29, 0.717) is 23.8 Å². The van der Waals surface area contributed by atoms with Gasteiger partial charge in [-0.05, 0) is 42.9 Å². The molecule has 3 heterocycles. The van der Waals surface area contributed by atoms with Crippen molar-refractivity contribution in [3.8, 4) is 0 Å². The van der Waals surface area contributed by atoms with Crippen LogP contribution >= 0.6 is 0 Å². The van der Waals surface area contributed by atoms with Gasteiger partial charge in [-0.3, -0.25) is 9.69 Å². The first-order chi connectivity index (χ1) is 14.0. The molecule has 29 heavy (non-hydrogen) atoms. The molecule has 0 aliphatic carbocycles. The molecular formula is C24H33N3O2. The first kappa shape index (κ1) is 20.1. The number of carbonyl (C=O) groups is 1. The molecule has 0 bridgehead atoms. The number of hydrogen-bond acceptors (Lipinski definition) is 4. The number of aromatic nitrogens is 1. The lowest BCUT2D eigenvalue weighted by atomic mass is 9.79. The second-order valence-electron chi connectivity index (χ2n) is 9.16. The van der Waals surface area contributed by atoms with Crippen LogP contribution in [0.3, 0.4) is 0 Å². The Morgan fingerprint density at radius 3 is 2.69 bits per heavy atom. The quantitative estimate of drug-likeness (QED) is 0.748. The second-order valence-corrected chi connectivity index (χ2v) is 9.16. The number of aryl methyl sites for hydroxylation is 1. The van der Waals surface area contributed by atoms with Gasteiger partial charge in [0.25, 0.3) is 5.91 Å². The predicted molar refractivity (Wildman–Crippen MR) is 114 cm³/mol. The Bertz CT molecular complexity index is 842. The van der Waals surface area contributed by atoms with Crippen molar-refractivity contribution in [2.75, 3.05) is 26.2 Å². The van der Waals surface area contributed by atoms with Crippen LogP contribution in [0, 0.1) is 5.41 Å². The molecule has 0 saturated carbocycles. The zero-order valence-corrected chi connectivity index (χ0v) is 18.0. The summed E-state index contributed by atoms with van der Waals surface area (Å²) in [5, 5.41) is 0. The third kappa shape index (κ3) is 4.25. The fourth-order valence-electron chi connectivity index (χ4n) is 5.00. The molecule has 0 N–H and O–H groups in total. The Morgan fingerprint density at radius 2 is 1.97 bits per heavy atom. The zero-order chi connectivity index (χ0) is 20.4. The molecule has 5 nitrogen and oxygen atoms in total. The largest absolute Gasteiger partial charge is 0.448 e. The molecule has 2 aliphatic heterocycles. The summed E-state index contributed by atoms with van der Waals surface area (Å²) in [6, 6.07) is 9.08. The summed E-state index contributed by atoms with van der Waals surface area (Å²) in [6.45, 7) is 11.3. The maximum absolute atomic E-state index is 13.0. The predicted octanol–water partition coefficient (Wildman–Crippen LogP) is 4.49. The van der Waals surface area contributed by atoms with Crippen molar-refractivity contribution in [1.82, 2.24) is 14.8 Å². The molecule has 1 unspecified atom stereocenters. The summed E-state index contributed by atoms with van der Waals surface area (Å²) in [5.41, 5.74) is 3.50. The average Bonchev–Trinajstić information content (AvgIpc) is 3.35. The van der Waals surface area contributed by atoms with E-state index >= 15 is 0 Å². The van der Waals surface area contributed by atoms with Gasteiger partial charge in [0.1, 0.15) is 5.76 Å². The standard InChI is InChI=1S/C24H33N3O2/c1-4-21-22(25-17-29-21)23(28)27-13-11-24(16-27)10-5-12-26(15-24)14-19-6-8-20(9-7-19)18(2)3/h6-9,17-18H,4-5,10-16H2,1-3H3. The van der Waals surface area contributed by atoms with E-state index in [2.05, 4.69) is 48.0 Å². The van der Waals surface area contributed by atoms with Crippen molar-refractivity contribution in [2.24, 2.45) is 5.41 Å². The normalized spacial score (nSPS) is 22.7. The first-order valence-electron chi connectivity index (χ1n) is 11.0. The second kappa shape index (κ2) is 8.31. The van der Waals surface area contributed by atoms with Gasteiger partial charge >= 0.3 is 0 Å². The molecule has 1 aromatic carbocycles. The third-order valence-corrected chi connectivity index (χ3v) is 6.68. The first-order valence-corrected chi connectivity index (χ1v) is 11.0. The molecule has 2 aliphatic rings. The minimum atomic E-state index is 0.0360. The topological polar surface area (TPSA) is 49.6 Å². The summed E-state index contributed by atoms with van der Waals surface area (Å²) in [7, 11) is 0. The Hall–Kier alpha value is -2.14. The Balaban J connectivity index is 1.39. The van der Waals surface area contributed by atoms with Gasteiger partial charge in [-0.1, -0.05) is 45.0 Å². The van der Waals surface area contributed by atoms with Crippen LogP contribution in [-0.2, 0) is 13.0 Å². The molecular weight excluding hydrogens is 362 g/mol. The highest BCUT2D eigenvalue weighted by Gasteiger charge is 2.43. The van der Waals surface area contributed by atoms with E-state index in [-0.39, 0.29) is 11.3 Å². The zero-order valence-electron chi connectivity index (χ0n) is 18.0. The van der Waals surface area contributed by atoms with Gasteiger partial charge < -0.3 is 9.32 Å². The minimum Gasteiger partial charge on any atom is -0.448 e. The van der Waals surface area contributed by atoms with Crippen molar-refractivity contribution < 1.29 is 9.21 Å². The molecule has 4 rings (SSSR count). The lowest BCUT2D eigenvalue weighted by Gasteiger charge is -2.40. The molecule has 5 heteroatoms. The molecule has 156 valence electrons. The maximum Gasteiger partial charge on any atom is 0.276 e. The number of piperidine rings is 1. The number of nitrogens with zero attached hydrogens (tertiary/aromatic N) is 3. The van der Waals surface area contributed by atoms with Crippen molar-refractivity contribution in [3.63, 3.8) is 0 Å². The van der Waals surface area contributed by atoms with Crippen LogP contribution in [0.2, 0.25) is 0 Å². The highest BCUT2D eigenvalue weighted by molar-refractivity contribution is 5.93. The molecule has 2 saturated heterocycles. The van der Waals surface area contributed by atoms with E-state index in [1.54, 1.807) is 0 Å². The van der Waals surface area contributed by atoms with Crippen LogP contribution in [0.5, 0.6) is 0 Å². The van der Waals surface area contributed by atoms with Crippen LogP contribution in [0.1, 0.15) is 73.3 Å². The van der Waals surface area contributed by atoms with Gasteiger partial charge in [-0.2, -0.15) is 0 Å². The molecule has 2 aromatic rings. The average molecular weight is 396 g/mol. The SMILES string of the molecule is CCc1ocnc1C(=O)N1CCC2(CCCN(Cc3ccc(C(C)C)cc3)C2)C1. The number of hydrogen-bond donors (Lipinski definition) is 0. The molecule has 2 fully saturated rings. The molecule has 1 atom stereocenters. The van der Waals surface area contributed by atoms with Crippen LogP contribution in [0.25, 0.3) is 0 Å². The molecule has 0 radical (unpaired) electrons. The van der Waals surface area contributed by atoms with E-state index in [1.807, 2.05) is 11.8 Å². The Kier molecular flexibility index (Phi) is 5.77. The number of oxazole rings is 1. The highest BCUT2D eigenvalue weighted by atomic mass is 16.3. The van der Waals surface area contributed by atoms with Gasteiger partial charge in [0.2, 0.25) is 0 Å². The fraction of sp³-hybridized carbons (Fsp3) is 0.583. The smallest absolute Gasteiger partial charge is 0.276 e. The molecule has 1 spiro atoms. The maximum atomic E-state index is 13.0. The van der Waals surface area contributed by atoms with E-state index in [1.165, 1.54) is 30.4 Å². The van der Waals surface area contributed by atoms with Crippen LogP contribution in [0.15, 0.2) is 35.1 Å². The minimum absolute atomic E-state index is 0.0360. The van der Waals surface area contributed by atoms with E-state index in [9.17, 15) is 4.79 Å². The lowest BCUT2D eigenvalue weighted by molar-refractivity contribution is 0.0670. The van der Waals surface area contributed by atoms with E-state index in [4.69, 9.17) is 4.42 Å². The summed E-state index contributed by atoms with van der Waals surface area (Å²) >= 11 is 0. The van der Waals surface area contributed by atoms with Gasteiger partial charge in [-0.15, -0.1) is 0 Å². The Morgan fingerprint density at radius 1 is 1.17 bits per heavy atom. The monoisotopic (exact) mass is 395 g/mol. The number of likely N-dealkylation sites (tertiary alicyclic amines) is 2. The number of rotatable bonds is 5. The van der Waals surface area contributed by atoms with Crippen molar-refractivity contribution in [1.29, 1.82) is 0 Å². The lowest BCUT2D eigenvalue weighted by Crippen LogP contribution is -2.45. The number of amides is 1. The third-order valence-electron chi connectivity index (χ3n) is 6.68. The summed E-state index contributed by atoms with van der Waals surface area (Å²) in [4.78, 5) is 21.7. The molecule has 1 aromatic heterocycles. The summed E-state index contributed by atoms with van der Waals surface area (Å²) in [6.07, 6.45) is 5.59. The molecule has 1 amide bonds. The number of benzene rings is 1.